The maximum absolute atomic E-state index is 13.3. The monoisotopic (exact) mass is 421 g/mol. The van der Waals surface area contributed by atoms with E-state index in [1.807, 2.05) is 22.4 Å². The predicted octanol–water partition coefficient (Wildman–Crippen LogP) is 4.22. The minimum atomic E-state index is -0.262. The van der Waals surface area contributed by atoms with Gasteiger partial charge in [-0.3, -0.25) is 14.6 Å². The SMILES string of the molecule is O=C(Nc1cccc(C(=O)N(Cc2cccs2)CC2CCCO2)c1)c1cccnc1. The van der Waals surface area contributed by atoms with Crippen molar-refractivity contribution in [2.45, 2.75) is 25.5 Å². The molecule has 0 saturated carbocycles. The number of thiophene rings is 1. The zero-order chi connectivity index (χ0) is 20.8. The maximum Gasteiger partial charge on any atom is 0.257 e. The molecule has 1 fully saturated rings. The standard InChI is InChI=1S/C23H23N3O3S/c27-22(18-6-2-10-24-14-18)25-19-7-1-5-17(13-19)23(28)26(15-20-8-3-11-29-20)16-21-9-4-12-30-21/h1-2,4-7,9-10,12-14,20H,3,8,11,15-16H2,(H,25,27). The van der Waals surface area contributed by atoms with Crippen LogP contribution in [0.3, 0.4) is 0 Å². The molecule has 1 unspecified atom stereocenters. The highest BCUT2D eigenvalue weighted by molar-refractivity contribution is 7.09. The molecule has 1 aromatic carbocycles. The Balaban J connectivity index is 1.50. The summed E-state index contributed by atoms with van der Waals surface area (Å²) < 4.78 is 5.76. The van der Waals surface area contributed by atoms with Crippen LogP contribution in [0.15, 0.2) is 66.3 Å². The second kappa shape index (κ2) is 9.65. The summed E-state index contributed by atoms with van der Waals surface area (Å²) in [4.78, 5) is 32.7. The molecule has 4 rings (SSSR count). The van der Waals surface area contributed by atoms with Crippen molar-refractivity contribution in [3.63, 3.8) is 0 Å². The van der Waals surface area contributed by atoms with Gasteiger partial charge in [-0.15, -0.1) is 11.3 Å². The molecule has 3 heterocycles. The summed E-state index contributed by atoms with van der Waals surface area (Å²) in [5.41, 5.74) is 1.57. The fraction of sp³-hybridized carbons (Fsp3) is 0.261. The van der Waals surface area contributed by atoms with Crippen molar-refractivity contribution < 1.29 is 14.3 Å². The van der Waals surface area contributed by atoms with Gasteiger partial charge >= 0.3 is 0 Å². The summed E-state index contributed by atoms with van der Waals surface area (Å²) >= 11 is 1.63. The molecule has 3 aromatic rings. The van der Waals surface area contributed by atoms with Gasteiger partial charge < -0.3 is 15.0 Å². The first-order valence-electron chi connectivity index (χ1n) is 9.94. The van der Waals surface area contributed by atoms with Crippen LogP contribution in [-0.4, -0.2) is 41.0 Å². The van der Waals surface area contributed by atoms with E-state index < -0.39 is 0 Å². The van der Waals surface area contributed by atoms with Crippen LogP contribution in [0.2, 0.25) is 0 Å². The number of anilines is 1. The van der Waals surface area contributed by atoms with E-state index in [4.69, 9.17) is 4.74 Å². The normalized spacial score (nSPS) is 15.7. The number of carbonyl (C=O) groups excluding carboxylic acids is 2. The number of amides is 2. The Morgan fingerprint density at radius 2 is 2.07 bits per heavy atom. The molecule has 6 nitrogen and oxygen atoms in total. The van der Waals surface area contributed by atoms with E-state index in [0.29, 0.717) is 29.9 Å². The average molecular weight is 422 g/mol. The van der Waals surface area contributed by atoms with E-state index in [9.17, 15) is 9.59 Å². The van der Waals surface area contributed by atoms with Gasteiger partial charge in [0.15, 0.2) is 0 Å². The highest BCUT2D eigenvalue weighted by Crippen LogP contribution is 2.20. The molecule has 1 N–H and O–H groups in total. The second-order valence-corrected chi connectivity index (χ2v) is 8.21. The Labute approximate surface area is 179 Å². The van der Waals surface area contributed by atoms with E-state index in [1.54, 1.807) is 53.9 Å². The molecule has 0 radical (unpaired) electrons. The summed E-state index contributed by atoms with van der Waals surface area (Å²) in [5, 5.41) is 4.85. The van der Waals surface area contributed by atoms with Crippen molar-refractivity contribution in [2.24, 2.45) is 0 Å². The molecular weight excluding hydrogens is 398 g/mol. The van der Waals surface area contributed by atoms with E-state index >= 15 is 0 Å². The maximum atomic E-state index is 13.3. The van der Waals surface area contributed by atoms with Crippen LogP contribution in [0.1, 0.15) is 38.4 Å². The summed E-state index contributed by atoms with van der Waals surface area (Å²) in [6.45, 7) is 1.85. The Hall–Kier alpha value is -3.03. The molecular formula is C23H23N3O3S. The lowest BCUT2D eigenvalue weighted by Gasteiger charge is -2.25. The number of carbonyl (C=O) groups is 2. The number of hydrogen-bond acceptors (Lipinski definition) is 5. The van der Waals surface area contributed by atoms with Gasteiger partial charge in [0.2, 0.25) is 0 Å². The van der Waals surface area contributed by atoms with Crippen molar-refractivity contribution in [3.05, 3.63) is 82.3 Å². The number of ether oxygens (including phenoxy) is 1. The van der Waals surface area contributed by atoms with Gasteiger partial charge in [-0.05, 0) is 54.6 Å². The highest BCUT2D eigenvalue weighted by atomic mass is 32.1. The fourth-order valence-corrected chi connectivity index (χ4v) is 4.18. The van der Waals surface area contributed by atoms with Gasteiger partial charge in [-0.25, -0.2) is 0 Å². The van der Waals surface area contributed by atoms with Gasteiger partial charge in [0.1, 0.15) is 0 Å². The molecule has 1 saturated heterocycles. The quantitative estimate of drug-likeness (QED) is 0.620. The van der Waals surface area contributed by atoms with Crippen molar-refractivity contribution in [1.82, 2.24) is 9.88 Å². The van der Waals surface area contributed by atoms with Crippen molar-refractivity contribution in [2.75, 3.05) is 18.5 Å². The second-order valence-electron chi connectivity index (χ2n) is 7.18. The molecule has 2 amide bonds. The summed E-state index contributed by atoms with van der Waals surface area (Å²) in [6.07, 6.45) is 5.19. The Kier molecular flexibility index (Phi) is 6.51. The van der Waals surface area contributed by atoms with Crippen LogP contribution in [0, 0.1) is 0 Å². The van der Waals surface area contributed by atoms with Crippen LogP contribution in [0.25, 0.3) is 0 Å². The molecule has 0 spiro atoms. The van der Waals surface area contributed by atoms with Crippen LogP contribution < -0.4 is 5.32 Å². The van der Waals surface area contributed by atoms with Crippen molar-refractivity contribution in [1.29, 1.82) is 0 Å². The van der Waals surface area contributed by atoms with Crippen LogP contribution in [-0.2, 0) is 11.3 Å². The minimum Gasteiger partial charge on any atom is -0.376 e. The average Bonchev–Trinajstić information content (AvgIpc) is 3.48. The molecule has 0 aliphatic carbocycles. The number of nitrogens with zero attached hydrogens (tertiary/aromatic N) is 2. The van der Waals surface area contributed by atoms with Gasteiger partial charge in [0, 0.05) is 41.7 Å². The lowest BCUT2D eigenvalue weighted by molar-refractivity contribution is 0.0509. The van der Waals surface area contributed by atoms with E-state index in [2.05, 4.69) is 10.3 Å². The first kappa shape index (κ1) is 20.3. The zero-order valence-corrected chi connectivity index (χ0v) is 17.3. The predicted molar refractivity (Wildman–Crippen MR) is 117 cm³/mol. The largest absolute Gasteiger partial charge is 0.376 e. The van der Waals surface area contributed by atoms with Crippen LogP contribution >= 0.6 is 11.3 Å². The third-order valence-electron chi connectivity index (χ3n) is 4.95. The topological polar surface area (TPSA) is 71.5 Å². The molecule has 30 heavy (non-hydrogen) atoms. The van der Waals surface area contributed by atoms with Gasteiger partial charge in [-0.1, -0.05) is 12.1 Å². The van der Waals surface area contributed by atoms with E-state index in [0.717, 1.165) is 24.3 Å². The smallest absolute Gasteiger partial charge is 0.257 e. The Bertz CT molecular complexity index is 986. The molecule has 154 valence electrons. The zero-order valence-electron chi connectivity index (χ0n) is 16.5. The number of pyridine rings is 1. The number of aromatic nitrogens is 1. The van der Waals surface area contributed by atoms with Crippen LogP contribution in [0.4, 0.5) is 5.69 Å². The third kappa shape index (κ3) is 5.11. The molecule has 1 atom stereocenters. The minimum absolute atomic E-state index is 0.0716. The highest BCUT2D eigenvalue weighted by Gasteiger charge is 2.24. The van der Waals surface area contributed by atoms with E-state index in [1.165, 1.54) is 6.20 Å². The van der Waals surface area contributed by atoms with E-state index in [-0.39, 0.29) is 17.9 Å². The third-order valence-corrected chi connectivity index (χ3v) is 5.81. The lowest BCUT2D eigenvalue weighted by Crippen LogP contribution is -2.36. The van der Waals surface area contributed by atoms with Crippen molar-refractivity contribution >= 4 is 28.8 Å². The number of nitrogens with one attached hydrogen (secondary N) is 1. The van der Waals surface area contributed by atoms with Gasteiger partial charge in [0.05, 0.1) is 18.2 Å². The lowest BCUT2D eigenvalue weighted by atomic mass is 10.1. The van der Waals surface area contributed by atoms with Crippen molar-refractivity contribution in [3.8, 4) is 0 Å². The molecule has 7 heteroatoms. The molecule has 2 aromatic heterocycles. The van der Waals surface area contributed by atoms with Gasteiger partial charge in [0.25, 0.3) is 11.8 Å². The number of hydrogen-bond donors (Lipinski definition) is 1. The number of rotatable bonds is 7. The summed E-state index contributed by atoms with van der Waals surface area (Å²) in [7, 11) is 0. The number of benzene rings is 1. The first-order chi connectivity index (χ1) is 14.7. The summed E-state index contributed by atoms with van der Waals surface area (Å²) in [6, 6.07) is 14.5. The first-order valence-corrected chi connectivity index (χ1v) is 10.8. The van der Waals surface area contributed by atoms with Crippen LogP contribution in [0.5, 0.6) is 0 Å². The Morgan fingerprint density at radius 3 is 2.80 bits per heavy atom. The van der Waals surface area contributed by atoms with Gasteiger partial charge in [-0.2, -0.15) is 0 Å². The Morgan fingerprint density at radius 1 is 1.17 bits per heavy atom. The molecule has 0 bridgehead atoms. The molecule has 1 aliphatic heterocycles. The fourth-order valence-electron chi connectivity index (χ4n) is 3.46. The summed E-state index contributed by atoms with van der Waals surface area (Å²) in [5.74, 6) is -0.334. The molecule has 1 aliphatic rings.